The van der Waals surface area contributed by atoms with Gasteiger partial charge in [-0.3, -0.25) is 0 Å². The fourth-order valence-electron chi connectivity index (χ4n) is 2.89. The number of halogens is 1. The van der Waals surface area contributed by atoms with Gasteiger partial charge in [-0.15, -0.1) is 0 Å². The summed E-state index contributed by atoms with van der Waals surface area (Å²) in [6, 6.07) is 0. The van der Waals surface area contributed by atoms with Crippen LogP contribution in [0.4, 0.5) is 0 Å². The zero-order valence-electron chi connectivity index (χ0n) is 16.1. The van der Waals surface area contributed by atoms with E-state index in [-0.39, 0.29) is 0 Å². The molecule has 3 heteroatoms. The fourth-order valence-corrected chi connectivity index (χ4v) is 2.89. The summed E-state index contributed by atoms with van der Waals surface area (Å²) in [6.45, 7) is 7.06. The predicted octanol–water partition coefficient (Wildman–Crippen LogP) is 7.54. The molecule has 1 N–H and O–H groups in total. The Hall–Kier alpha value is 0.964. The van der Waals surface area contributed by atoms with Crippen molar-refractivity contribution in [3.05, 3.63) is 0 Å². The second-order valence-corrected chi connectivity index (χ2v) is 6.70. The van der Waals surface area contributed by atoms with Crippen molar-refractivity contribution >= 4 is 9.30 Å². The number of unbranched alkanes of at least 4 members (excludes halogenated alkanes) is 14. The third kappa shape index (κ3) is 28.1. The van der Waals surface area contributed by atoms with Crippen LogP contribution in [-0.2, 0) is 19.4 Å². The van der Waals surface area contributed by atoms with Crippen molar-refractivity contribution in [2.75, 3.05) is 13.1 Å². The molecule has 1 nitrogen and oxygen atoms in total. The predicted molar refractivity (Wildman–Crippen MR) is 104 cm³/mol. The van der Waals surface area contributed by atoms with E-state index in [1.807, 2.05) is 0 Å². The van der Waals surface area contributed by atoms with Gasteiger partial charge in [-0.1, -0.05) is 104 Å². The van der Waals surface area contributed by atoms with Crippen molar-refractivity contribution in [3.63, 3.8) is 0 Å². The van der Waals surface area contributed by atoms with E-state index in [4.69, 9.17) is 0 Å². The third-order valence-corrected chi connectivity index (χ3v) is 4.41. The van der Waals surface area contributed by atoms with E-state index in [0.29, 0.717) is 0 Å². The molecule has 0 bridgehead atoms. The van der Waals surface area contributed by atoms with Gasteiger partial charge in [0.1, 0.15) is 0 Å². The Morgan fingerprint density at radius 1 is 0.478 bits per heavy atom. The first kappa shape index (κ1) is 26.2. The van der Waals surface area contributed by atoms with E-state index in [2.05, 4.69) is 28.5 Å². The Bertz CT molecular complexity index is 161. The number of hydrogen-bond donors (Lipinski definition) is 1. The molecular formula is C20H43ClNTi. The monoisotopic (exact) mass is 380 g/mol. The van der Waals surface area contributed by atoms with Gasteiger partial charge in [-0.2, -0.15) is 0 Å². The average Bonchev–Trinajstić information content (AvgIpc) is 2.59. The van der Waals surface area contributed by atoms with Crippen LogP contribution in [0.3, 0.4) is 0 Å². The molecule has 0 heterocycles. The molecule has 0 fully saturated rings. The number of rotatable bonds is 18. The van der Waals surface area contributed by atoms with Crippen LogP contribution in [0.2, 0.25) is 0 Å². The first-order valence-electron chi connectivity index (χ1n) is 10.3. The van der Waals surface area contributed by atoms with Gasteiger partial charge in [0.15, 0.2) is 0 Å². The topological polar surface area (TPSA) is 12.0 Å². The van der Waals surface area contributed by atoms with Crippen LogP contribution < -0.4 is 5.32 Å². The Morgan fingerprint density at radius 3 is 1.04 bits per heavy atom. The van der Waals surface area contributed by atoms with Crippen LogP contribution in [0.15, 0.2) is 0 Å². The summed E-state index contributed by atoms with van der Waals surface area (Å²) in [5, 5.41) is 3.61. The number of hydrogen-bond acceptors (Lipinski definition) is 1. The minimum atomic E-state index is 1.24. The number of nitrogens with one attached hydrogen (secondary N) is 1. The Balaban J connectivity index is 0. The van der Waals surface area contributed by atoms with Crippen molar-refractivity contribution in [1.29, 1.82) is 0 Å². The van der Waals surface area contributed by atoms with Crippen LogP contribution in [0, 0.1) is 0 Å². The SMILES string of the molecule is CCCCCCCCCCNCCCCCCCCCC.[Cl][Ti]. The van der Waals surface area contributed by atoms with E-state index in [1.165, 1.54) is 135 Å². The van der Waals surface area contributed by atoms with E-state index in [1.54, 1.807) is 0 Å². The molecule has 0 spiro atoms. The van der Waals surface area contributed by atoms with Gasteiger partial charge in [0.25, 0.3) is 0 Å². The molecule has 0 rings (SSSR count). The zero-order valence-corrected chi connectivity index (χ0v) is 18.4. The second kappa shape index (κ2) is 27.8. The van der Waals surface area contributed by atoms with Crippen LogP contribution in [-0.4, -0.2) is 13.1 Å². The Kier molecular flexibility index (Phi) is 31.7. The summed E-state index contributed by atoms with van der Waals surface area (Å²) in [5.74, 6) is 0. The molecule has 0 aromatic carbocycles. The van der Waals surface area contributed by atoms with Crippen LogP contribution in [0.5, 0.6) is 0 Å². The molecule has 0 aliphatic carbocycles. The molecule has 23 heavy (non-hydrogen) atoms. The minimum absolute atomic E-state index is 1.24. The maximum atomic E-state index is 4.64. The zero-order chi connectivity index (χ0) is 17.4. The molecule has 0 aromatic rings. The molecular weight excluding hydrogens is 338 g/mol. The van der Waals surface area contributed by atoms with Crippen molar-refractivity contribution in [3.8, 4) is 0 Å². The second-order valence-electron chi connectivity index (χ2n) is 6.70. The van der Waals surface area contributed by atoms with Gasteiger partial charge in [0, 0.05) is 0 Å². The van der Waals surface area contributed by atoms with Gasteiger partial charge < -0.3 is 5.32 Å². The molecule has 0 amide bonds. The molecule has 0 atom stereocenters. The van der Waals surface area contributed by atoms with Crippen LogP contribution in [0.25, 0.3) is 0 Å². The molecule has 0 aliphatic heterocycles. The molecule has 0 saturated heterocycles. The quantitative estimate of drug-likeness (QED) is 0.191. The van der Waals surface area contributed by atoms with Crippen molar-refractivity contribution < 1.29 is 19.4 Å². The summed E-state index contributed by atoms with van der Waals surface area (Å²) < 4.78 is 0. The van der Waals surface area contributed by atoms with E-state index in [9.17, 15) is 0 Å². The van der Waals surface area contributed by atoms with Gasteiger partial charge in [-0.25, -0.2) is 0 Å². The molecule has 0 aliphatic rings. The Morgan fingerprint density at radius 2 is 0.739 bits per heavy atom. The van der Waals surface area contributed by atoms with Gasteiger partial charge >= 0.3 is 28.7 Å². The Labute approximate surface area is 163 Å². The summed E-state index contributed by atoms with van der Waals surface area (Å²) in [7, 11) is 4.64. The van der Waals surface area contributed by atoms with Gasteiger partial charge in [0.05, 0.1) is 0 Å². The summed E-state index contributed by atoms with van der Waals surface area (Å²) in [4.78, 5) is 0. The molecule has 139 valence electrons. The summed E-state index contributed by atoms with van der Waals surface area (Å²) >= 11 is 1.47. The third-order valence-electron chi connectivity index (χ3n) is 4.41. The van der Waals surface area contributed by atoms with Crippen LogP contribution >= 0.6 is 9.30 Å². The van der Waals surface area contributed by atoms with E-state index >= 15 is 0 Å². The summed E-state index contributed by atoms with van der Waals surface area (Å²) in [6.07, 6.45) is 22.8. The van der Waals surface area contributed by atoms with E-state index < -0.39 is 0 Å². The van der Waals surface area contributed by atoms with Crippen LogP contribution in [0.1, 0.15) is 117 Å². The van der Waals surface area contributed by atoms with E-state index in [0.717, 1.165) is 0 Å². The van der Waals surface area contributed by atoms with Gasteiger partial charge in [0.2, 0.25) is 0 Å². The first-order chi connectivity index (χ1) is 11.4. The van der Waals surface area contributed by atoms with Crippen molar-refractivity contribution in [2.45, 2.75) is 117 Å². The first-order valence-corrected chi connectivity index (χ1v) is 12.5. The average molecular weight is 381 g/mol. The van der Waals surface area contributed by atoms with Crippen molar-refractivity contribution in [2.24, 2.45) is 0 Å². The summed E-state index contributed by atoms with van der Waals surface area (Å²) in [5.41, 5.74) is 0. The van der Waals surface area contributed by atoms with Crippen molar-refractivity contribution in [1.82, 2.24) is 5.32 Å². The standard InChI is InChI=1S/C20H43N.ClH.Ti/c1-3-5-7-9-11-13-15-17-19-21-20-18-16-14-12-10-8-6-4-2;;/h21H,3-20H2,1-2H3;1H;/q;;+1/p-1. The van der Waals surface area contributed by atoms with Gasteiger partial charge in [-0.05, 0) is 25.9 Å². The maximum absolute atomic E-state index is 4.64. The molecule has 0 unspecified atom stereocenters. The molecule has 0 saturated carbocycles. The fraction of sp³-hybridized carbons (Fsp3) is 1.00. The normalized spacial score (nSPS) is 10.3. The molecule has 0 radical (unpaired) electrons. The molecule has 0 aromatic heterocycles.